The van der Waals surface area contributed by atoms with E-state index in [1.807, 2.05) is 20.8 Å². The van der Waals surface area contributed by atoms with E-state index in [0.29, 0.717) is 5.75 Å². The predicted octanol–water partition coefficient (Wildman–Crippen LogP) is 1.10. The molecule has 0 atom stereocenters. The van der Waals surface area contributed by atoms with Gasteiger partial charge in [-0.05, 0) is 45.0 Å². The van der Waals surface area contributed by atoms with Gasteiger partial charge in [-0.1, -0.05) is 0 Å². The molecule has 1 rings (SSSR count). The van der Waals surface area contributed by atoms with Crippen molar-refractivity contribution >= 4 is 10.0 Å². The Kier molecular flexibility index (Phi) is 4.72. The minimum atomic E-state index is -3.47. The van der Waals surface area contributed by atoms with Crippen LogP contribution in [0, 0.1) is 0 Å². The summed E-state index contributed by atoms with van der Waals surface area (Å²) in [5, 5.41) is 0. The minimum Gasteiger partial charge on any atom is -0.488 e. The molecule has 0 fully saturated rings. The lowest BCUT2D eigenvalue weighted by Gasteiger charge is -2.21. The Labute approximate surface area is 108 Å². The Morgan fingerprint density at radius 1 is 1.22 bits per heavy atom. The number of hydrogen-bond donors (Lipinski definition) is 2. The number of nitrogens with one attached hydrogen (secondary N) is 1. The van der Waals surface area contributed by atoms with Gasteiger partial charge < -0.3 is 10.5 Å². The molecule has 3 N–H and O–H groups in total. The van der Waals surface area contributed by atoms with Crippen molar-refractivity contribution in [2.24, 2.45) is 5.73 Å². The summed E-state index contributed by atoms with van der Waals surface area (Å²) in [6.45, 7) is 6.29. The van der Waals surface area contributed by atoms with Crippen LogP contribution < -0.4 is 15.2 Å². The molecule has 0 saturated heterocycles. The number of benzene rings is 1. The molecule has 1 aromatic carbocycles. The molecule has 0 spiro atoms. The van der Waals surface area contributed by atoms with Crippen LogP contribution in [0.1, 0.15) is 20.8 Å². The second kappa shape index (κ2) is 5.69. The molecule has 1 aromatic rings. The van der Waals surface area contributed by atoms with E-state index in [9.17, 15) is 8.42 Å². The maximum absolute atomic E-state index is 11.8. The van der Waals surface area contributed by atoms with E-state index in [1.54, 1.807) is 12.1 Å². The molecule has 0 aliphatic heterocycles. The number of rotatable bonds is 5. The number of hydrogen-bond acceptors (Lipinski definition) is 4. The fourth-order valence-corrected chi connectivity index (χ4v) is 2.36. The third kappa shape index (κ3) is 4.64. The third-order valence-corrected chi connectivity index (χ3v) is 3.47. The van der Waals surface area contributed by atoms with Gasteiger partial charge in [-0.15, -0.1) is 0 Å². The highest BCUT2D eigenvalue weighted by Crippen LogP contribution is 2.20. The summed E-state index contributed by atoms with van der Waals surface area (Å²) in [6.07, 6.45) is 0. The van der Waals surface area contributed by atoms with E-state index in [-0.39, 0.29) is 23.6 Å². The zero-order valence-corrected chi connectivity index (χ0v) is 11.8. The molecule has 18 heavy (non-hydrogen) atoms. The van der Waals surface area contributed by atoms with Gasteiger partial charge in [-0.3, -0.25) is 0 Å². The van der Waals surface area contributed by atoms with Gasteiger partial charge in [0.2, 0.25) is 10.0 Å². The summed E-state index contributed by atoms with van der Waals surface area (Å²) in [7, 11) is -3.47. The smallest absolute Gasteiger partial charge is 0.240 e. The topological polar surface area (TPSA) is 81.4 Å². The van der Waals surface area contributed by atoms with E-state index >= 15 is 0 Å². The molecule has 0 saturated carbocycles. The lowest BCUT2D eigenvalue weighted by atomic mass is 10.2. The first-order valence-corrected chi connectivity index (χ1v) is 7.22. The van der Waals surface area contributed by atoms with Crippen molar-refractivity contribution in [2.75, 3.05) is 13.1 Å². The molecule has 0 amide bonds. The van der Waals surface area contributed by atoms with E-state index in [4.69, 9.17) is 10.5 Å². The number of nitrogens with two attached hydrogens (primary N) is 1. The van der Waals surface area contributed by atoms with Gasteiger partial charge in [0.05, 0.1) is 4.90 Å². The zero-order valence-electron chi connectivity index (χ0n) is 10.9. The summed E-state index contributed by atoms with van der Waals surface area (Å²) in [5.41, 5.74) is 4.95. The van der Waals surface area contributed by atoms with Crippen molar-refractivity contribution in [3.8, 4) is 5.75 Å². The number of ether oxygens (including phenoxy) is 1. The van der Waals surface area contributed by atoms with Crippen LogP contribution >= 0.6 is 0 Å². The maximum atomic E-state index is 11.8. The molecule has 0 aromatic heterocycles. The second-order valence-electron chi connectivity index (χ2n) is 4.87. The summed E-state index contributed by atoms with van der Waals surface area (Å²) >= 11 is 0. The fourth-order valence-electron chi connectivity index (χ4n) is 1.32. The van der Waals surface area contributed by atoms with Gasteiger partial charge >= 0.3 is 0 Å². The van der Waals surface area contributed by atoms with Crippen molar-refractivity contribution in [2.45, 2.75) is 31.3 Å². The van der Waals surface area contributed by atoms with Gasteiger partial charge in [0.25, 0.3) is 0 Å². The summed E-state index contributed by atoms with van der Waals surface area (Å²) in [6, 6.07) is 6.31. The van der Waals surface area contributed by atoms with E-state index in [2.05, 4.69) is 4.72 Å². The van der Waals surface area contributed by atoms with Crippen molar-refractivity contribution in [3.05, 3.63) is 24.3 Å². The van der Waals surface area contributed by atoms with Crippen LogP contribution in [0.3, 0.4) is 0 Å². The molecule has 6 heteroatoms. The molecule has 0 aliphatic rings. The lowest BCUT2D eigenvalue weighted by molar-refractivity contribution is 0.131. The average Bonchev–Trinajstić information content (AvgIpc) is 2.25. The van der Waals surface area contributed by atoms with Crippen LogP contribution in [0.5, 0.6) is 5.75 Å². The fraction of sp³-hybridized carbons (Fsp3) is 0.500. The lowest BCUT2D eigenvalue weighted by Crippen LogP contribution is -2.29. The standard InChI is InChI=1S/C12H20N2O3S/c1-12(2,3)17-10-4-6-11(7-5-10)18(15,16)14-9-8-13/h4-7,14H,8-9,13H2,1-3H3. The quantitative estimate of drug-likeness (QED) is 0.841. The third-order valence-electron chi connectivity index (χ3n) is 1.99. The Balaban J connectivity index is 2.83. The van der Waals surface area contributed by atoms with E-state index in [1.165, 1.54) is 12.1 Å². The highest BCUT2D eigenvalue weighted by atomic mass is 32.2. The van der Waals surface area contributed by atoms with Crippen LogP contribution in [-0.4, -0.2) is 27.1 Å². The SMILES string of the molecule is CC(C)(C)Oc1ccc(S(=O)(=O)NCCN)cc1. The van der Waals surface area contributed by atoms with Crippen molar-refractivity contribution in [3.63, 3.8) is 0 Å². The molecule has 0 radical (unpaired) electrons. The van der Waals surface area contributed by atoms with Crippen molar-refractivity contribution in [1.29, 1.82) is 0 Å². The predicted molar refractivity (Wildman–Crippen MR) is 71.1 cm³/mol. The van der Waals surface area contributed by atoms with Gasteiger partial charge in [0.15, 0.2) is 0 Å². The van der Waals surface area contributed by atoms with Gasteiger partial charge in [0.1, 0.15) is 11.4 Å². The highest BCUT2D eigenvalue weighted by molar-refractivity contribution is 7.89. The summed E-state index contributed by atoms with van der Waals surface area (Å²) < 4.78 is 31.6. The first-order valence-electron chi connectivity index (χ1n) is 5.73. The molecule has 0 unspecified atom stereocenters. The van der Waals surface area contributed by atoms with Crippen LogP contribution in [-0.2, 0) is 10.0 Å². The molecular weight excluding hydrogens is 252 g/mol. The van der Waals surface area contributed by atoms with Crippen LogP contribution in [0.2, 0.25) is 0 Å². The summed E-state index contributed by atoms with van der Waals surface area (Å²) in [5.74, 6) is 0.639. The zero-order chi connectivity index (χ0) is 13.8. The van der Waals surface area contributed by atoms with Crippen LogP contribution in [0.15, 0.2) is 29.2 Å². The molecule has 0 heterocycles. The molecule has 0 bridgehead atoms. The normalized spacial score (nSPS) is 12.4. The Morgan fingerprint density at radius 3 is 2.22 bits per heavy atom. The Bertz CT molecular complexity index is 475. The molecule has 0 aliphatic carbocycles. The molecular formula is C12H20N2O3S. The maximum Gasteiger partial charge on any atom is 0.240 e. The van der Waals surface area contributed by atoms with Gasteiger partial charge in [-0.25, -0.2) is 13.1 Å². The highest BCUT2D eigenvalue weighted by Gasteiger charge is 2.15. The van der Waals surface area contributed by atoms with Crippen molar-refractivity contribution < 1.29 is 13.2 Å². The van der Waals surface area contributed by atoms with Crippen LogP contribution in [0.4, 0.5) is 0 Å². The monoisotopic (exact) mass is 272 g/mol. The average molecular weight is 272 g/mol. The van der Waals surface area contributed by atoms with Crippen LogP contribution in [0.25, 0.3) is 0 Å². The minimum absolute atomic E-state index is 0.206. The summed E-state index contributed by atoms with van der Waals surface area (Å²) in [4.78, 5) is 0.206. The van der Waals surface area contributed by atoms with Gasteiger partial charge in [0, 0.05) is 13.1 Å². The number of sulfonamides is 1. The molecule has 5 nitrogen and oxygen atoms in total. The largest absolute Gasteiger partial charge is 0.488 e. The van der Waals surface area contributed by atoms with Gasteiger partial charge in [-0.2, -0.15) is 0 Å². The molecule has 102 valence electrons. The Morgan fingerprint density at radius 2 is 1.78 bits per heavy atom. The first kappa shape index (κ1) is 14.9. The van der Waals surface area contributed by atoms with Crippen molar-refractivity contribution in [1.82, 2.24) is 4.72 Å². The first-order chi connectivity index (χ1) is 8.24. The second-order valence-corrected chi connectivity index (χ2v) is 6.64. The Hall–Kier alpha value is -1.11. The van der Waals surface area contributed by atoms with E-state index in [0.717, 1.165) is 0 Å². The van der Waals surface area contributed by atoms with E-state index < -0.39 is 10.0 Å².